The van der Waals surface area contributed by atoms with Gasteiger partial charge in [0.15, 0.2) is 0 Å². The average Bonchev–Trinajstić information content (AvgIpc) is 2.97. The summed E-state index contributed by atoms with van der Waals surface area (Å²) in [5, 5.41) is 12.0. The van der Waals surface area contributed by atoms with Crippen molar-refractivity contribution in [1.82, 2.24) is 10.2 Å². The number of benzene rings is 2. The van der Waals surface area contributed by atoms with E-state index in [0.717, 1.165) is 17.7 Å². The molecule has 216 valence electrons. The standard InChI is InChI=1S/C31H27F3N4O3S/c1-20-28(30(39)36-16-26-12-13-27(42(4)40)18-38(26)41-3)19-37(17-23-10-8-22(15-35)9-11-23)21(2)29(20)24-6-5-7-25(14-24)31(32,33)34/h5-14,18-19H,1,16-17H2,2-4H3/p+1. The number of nitrogens with one attached hydrogen (secondary N) is 1. The van der Waals surface area contributed by atoms with Crippen molar-refractivity contribution in [3.05, 3.63) is 124 Å². The van der Waals surface area contributed by atoms with Gasteiger partial charge >= 0.3 is 6.18 Å². The van der Waals surface area contributed by atoms with Gasteiger partial charge in [0.05, 0.1) is 33.6 Å². The molecular weight excluding hydrogens is 565 g/mol. The van der Waals surface area contributed by atoms with Gasteiger partial charge in [-0.05, 0) is 54.0 Å². The highest BCUT2D eigenvalue weighted by Crippen LogP contribution is 2.39. The molecule has 4 rings (SSSR count). The van der Waals surface area contributed by atoms with E-state index in [-0.39, 0.29) is 23.3 Å². The SMILES string of the molecule is C=C1C(C(=O)NCc2ccc(S(C)=O)c[n+]2OC)=CN(Cc2ccc(C#N)cc2)C(C)=C1c1cccc(C(F)(F)F)c1. The van der Waals surface area contributed by atoms with Gasteiger partial charge in [-0.2, -0.15) is 18.4 Å². The van der Waals surface area contributed by atoms with Crippen molar-refractivity contribution in [2.75, 3.05) is 13.4 Å². The second-order valence-electron chi connectivity index (χ2n) is 9.50. The van der Waals surface area contributed by atoms with Crippen LogP contribution in [0.4, 0.5) is 13.2 Å². The fourth-order valence-electron chi connectivity index (χ4n) is 4.54. The smallest absolute Gasteiger partial charge is 0.346 e. The van der Waals surface area contributed by atoms with Crippen LogP contribution in [0.5, 0.6) is 0 Å². The quantitative estimate of drug-likeness (QED) is 0.384. The number of amides is 1. The first-order valence-corrected chi connectivity index (χ1v) is 14.2. The second-order valence-corrected chi connectivity index (χ2v) is 10.9. The lowest BCUT2D eigenvalue weighted by atomic mass is 9.88. The van der Waals surface area contributed by atoms with E-state index in [1.54, 1.807) is 72.9 Å². The molecule has 0 aliphatic carbocycles. The number of hydrogen-bond donors (Lipinski definition) is 1. The molecule has 0 spiro atoms. The van der Waals surface area contributed by atoms with Crippen molar-refractivity contribution < 1.29 is 31.7 Å². The van der Waals surface area contributed by atoms with Gasteiger partial charge < -0.3 is 10.2 Å². The monoisotopic (exact) mass is 593 g/mol. The van der Waals surface area contributed by atoms with E-state index >= 15 is 0 Å². The predicted molar refractivity (Wildman–Crippen MR) is 151 cm³/mol. The first-order valence-electron chi connectivity index (χ1n) is 12.7. The van der Waals surface area contributed by atoms with E-state index in [9.17, 15) is 22.2 Å². The third kappa shape index (κ3) is 6.61. The molecule has 1 aliphatic heterocycles. The third-order valence-electron chi connectivity index (χ3n) is 6.79. The first kappa shape index (κ1) is 30.3. The summed E-state index contributed by atoms with van der Waals surface area (Å²) in [4.78, 5) is 21.2. The van der Waals surface area contributed by atoms with Crippen molar-refractivity contribution in [3.63, 3.8) is 0 Å². The van der Waals surface area contributed by atoms with Gasteiger partial charge in [-0.1, -0.05) is 30.8 Å². The fourth-order valence-corrected chi connectivity index (χ4v) is 5.04. The maximum atomic E-state index is 13.6. The Kier molecular flexibility index (Phi) is 8.97. The zero-order chi connectivity index (χ0) is 30.6. The second kappa shape index (κ2) is 12.4. The minimum Gasteiger partial charge on any atom is -0.346 e. The van der Waals surface area contributed by atoms with Crippen LogP contribution in [-0.4, -0.2) is 28.4 Å². The summed E-state index contributed by atoms with van der Waals surface area (Å²) in [7, 11) is 0.207. The van der Waals surface area contributed by atoms with Crippen LogP contribution in [0.25, 0.3) is 5.57 Å². The molecule has 2 heterocycles. The highest BCUT2D eigenvalue weighted by molar-refractivity contribution is 7.84. The molecule has 1 amide bonds. The Labute approximate surface area is 244 Å². The van der Waals surface area contributed by atoms with E-state index in [1.165, 1.54) is 17.9 Å². The molecule has 1 unspecified atom stereocenters. The van der Waals surface area contributed by atoms with E-state index in [4.69, 9.17) is 10.1 Å². The van der Waals surface area contributed by atoms with Crippen LogP contribution in [0.3, 0.4) is 0 Å². The van der Waals surface area contributed by atoms with Crippen LogP contribution in [0.2, 0.25) is 0 Å². The number of nitrogens with zero attached hydrogens (tertiary/aromatic N) is 3. The molecule has 1 N–H and O–H groups in total. The Morgan fingerprint density at radius 3 is 2.50 bits per heavy atom. The zero-order valence-corrected chi connectivity index (χ0v) is 24.0. The van der Waals surface area contributed by atoms with E-state index in [1.807, 2.05) is 0 Å². The van der Waals surface area contributed by atoms with Gasteiger partial charge in [-0.25, -0.2) is 0 Å². The summed E-state index contributed by atoms with van der Waals surface area (Å²) in [5.41, 5.74) is 2.82. The summed E-state index contributed by atoms with van der Waals surface area (Å²) in [6.07, 6.45) is 0.179. The average molecular weight is 594 g/mol. The lowest BCUT2D eigenvalue weighted by molar-refractivity contribution is -0.891. The number of rotatable bonds is 8. The summed E-state index contributed by atoms with van der Waals surface area (Å²) in [5.74, 6) is -0.493. The van der Waals surface area contributed by atoms with Crippen LogP contribution in [0, 0.1) is 11.3 Å². The highest BCUT2D eigenvalue weighted by Gasteiger charge is 2.32. The third-order valence-corrected chi connectivity index (χ3v) is 7.70. The largest absolute Gasteiger partial charge is 0.416 e. The maximum absolute atomic E-state index is 13.6. The lowest BCUT2D eigenvalue weighted by Crippen LogP contribution is -2.46. The molecule has 7 nitrogen and oxygen atoms in total. The van der Waals surface area contributed by atoms with E-state index < -0.39 is 28.4 Å². The Morgan fingerprint density at radius 1 is 1.17 bits per heavy atom. The van der Waals surface area contributed by atoms with Gasteiger partial charge in [-0.3, -0.25) is 13.8 Å². The molecular formula is C31H28F3N4O3S+. The first-order chi connectivity index (χ1) is 19.9. The van der Waals surface area contributed by atoms with Crippen molar-refractivity contribution in [1.29, 1.82) is 5.26 Å². The molecule has 0 saturated carbocycles. The van der Waals surface area contributed by atoms with Crippen LogP contribution in [0.1, 0.15) is 34.9 Å². The number of carbonyl (C=O) groups excluding carboxylic acids is 1. The molecule has 1 atom stereocenters. The summed E-state index contributed by atoms with van der Waals surface area (Å²) in [6.45, 7) is 6.21. The van der Waals surface area contributed by atoms with Gasteiger partial charge in [-0.15, -0.1) is 0 Å². The number of pyridine rings is 1. The Morgan fingerprint density at radius 2 is 1.88 bits per heavy atom. The number of hydrogen-bond acceptors (Lipinski definition) is 5. The Bertz CT molecular complexity index is 1670. The Balaban J connectivity index is 1.70. The fraction of sp³-hybridized carbons (Fsp3) is 0.194. The highest BCUT2D eigenvalue weighted by atomic mass is 32.2. The number of carbonyl (C=O) groups is 1. The number of halogens is 3. The van der Waals surface area contributed by atoms with E-state index in [0.29, 0.717) is 34.0 Å². The molecule has 0 fully saturated rings. The molecule has 11 heteroatoms. The van der Waals surface area contributed by atoms with Crippen molar-refractivity contribution in [2.45, 2.75) is 31.1 Å². The Hall–Kier alpha value is -4.69. The number of allylic oxidation sites excluding steroid dienone is 2. The predicted octanol–water partition coefficient (Wildman–Crippen LogP) is 4.66. The minimum absolute atomic E-state index is 0.0468. The summed E-state index contributed by atoms with van der Waals surface area (Å²) < 4.78 is 54.0. The maximum Gasteiger partial charge on any atom is 0.416 e. The van der Waals surface area contributed by atoms with Crippen molar-refractivity contribution >= 4 is 22.3 Å². The summed E-state index contributed by atoms with van der Waals surface area (Å²) in [6, 6.07) is 17.2. The van der Waals surface area contributed by atoms with Gasteiger partial charge in [0.1, 0.15) is 18.6 Å². The molecule has 0 saturated heterocycles. The minimum atomic E-state index is -4.55. The van der Waals surface area contributed by atoms with Crippen LogP contribution in [-0.2, 0) is 34.9 Å². The molecule has 0 bridgehead atoms. The molecule has 2 aromatic carbocycles. The van der Waals surface area contributed by atoms with Crippen molar-refractivity contribution in [3.8, 4) is 6.07 Å². The lowest BCUT2D eigenvalue weighted by Gasteiger charge is -2.32. The molecule has 1 aliphatic rings. The molecule has 42 heavy (non-hydrogen) atoms. The molecule has 3 aromatic rings. The van der Waals surface area contributed by atoms with Gasteiger partial charge in [0, 0.05) is 41.1 Å². The van der Waals surface area contributed by atoms with Crippen LogP contribution in [0.15, 0.2) is 101 Å². The van der Waals surface area contributed by atoms with Gasteiger partial charge in [0.25, 0.3) is 11.6 Å². The van der Waals surface area contributed by atoms with Crippen LogP contribution >= 0.6 is 0 Å². The number of nitriles is 1. The van der Waals surface area contributed by atoms with E-state index in [2.05, 4.69) is 18.0 Å². The number of aromatic nitrogens is 1. The van der Waals surface area contributed by atoms with Crippen LogP contribution < -0.4 is 14.9 Å². The number of alkyl halides is 3. The van der Waals surface area contributed by atoms with Crippen molar-refractivity contribution in [2.24, 2.45) is 0 Å². The topological polar surface area (TPSA) is 86.3 Å². The summed E-state index contributed by atoms with van der Waals surface area (Å²) >= 11 is 0. The zero-order valence-electron chi connectivity index (χ0n) is 23.2. The molecule has 1 aromatic heterocycles. The van der Waals surface area contributed by atoms with Gasteiger partial charge in [0.2, 0.25) is 6.20 Å². The molecule has 0 radical (unpaired) electrons. The normalized spacial score (nSPS) is 14.3.